The molecule has 136 valence electrons. The predicted octanol–water partition coefficient (Wildman–Crippen LogP) is 3.39. The number of methoxy groups -OCH3 is 1. The summed E-state index contributed by atoms with van der Waals surface area (Å²) in [4.78, 5) is 10.8. The van der Waals surface area contributed by atoms with Crippen molar-refractivity contribution in [3.8, 4) is 5.75 Å². The van der Waals surface area contributed by atoms with Crippen LogP contribution in [0.3, 0.4) is 0 Å². The van der Waals surface area contributed by atoms with Gasteiger partial charge in [0.15, 0.2) is 0 Å². The first-order valence-corrected chi connectivity index (χ1v) is 8.70. The first kappa shape index (κ1) is 20.5. The molecule has 0 amide bonds. The smallest absolute Gasteiger partial charge is 0.331 e. The maximum atomic E-state index is 10.8. The standard InChI is InChI=1S/C19H30O5/c1-3-17-9-7-10-18(15-17)24-14-6-4-5-11-22-12-8-13-23-16-19(20)21-2/h7,9-10,15H,3-6,8,11-14,16H2,1-2H3. The Bertz CT molecular complexity index is 447. The van der Waals surface area contributed by atoms with E-state index in [9.17, 15) is 4.79 Å². The predicted molar refractivity (Wildman–Crippen MR) is 93.4 cm³/mol. The Morgan fingerprint density at radius 1 is 0.958 bits per heavy atom. The van der Waals surface area contributed by atoms with E-state index in [4.69, 9.17) is 14.2 Å². The number of unbranched alkanes of at least 4 members (excludes halogenated alkanes) is 2. The molecule has 5 nitrogen and oxygen atoms in total. The van der Waals surface area contributed by atoms with Crippen molar-refractivity contribution in [2.75, 3.05) is 40.1 Å². The molecule has 1 rings (SSSR count). The molecule has 0 bridgehead atoms. The largest absolute Gasteiger partial charge is 0.494 e. The molecule has 0 unspecified atom stereocenters. The molecule has 1 aromatic carbocycles. The second kappa shape index (κ2) is 13.8. The highest BCUT2D eigenvalue weighted by Gasteiger charge is 1.99. The van der Waals surface area contributed by atoms with Crippen LogP contribution in [0.2, 0.25) is 0 Å². The summed E-state index contributed by atoms with van der Waals surface area (Å²) in [6.45, 7) is 4.82. The summed E-state index contributed by atoms with van der Waals surface area (Å²) in [5.41, 5.74) is 1.30. The van der Waals surface area contributed by atoms with Crippen molar-refractivity contribution in [1.82, 2.24) is 0 Å². The van der Waals surface area contributed by atoms with Crippen molar-refractivity contribution in [2.45, 2.75) is 39.0 Å². The molecule has 0 N–H and O–H groups in total. The number of carbonyl (C=O) groups excluding carboxylic acids is 1. The zero-order valence-electron chi connectivity index (χ0n) is 14.9. The van der Waals surface area contributed by atoms with Gasteiger partial charge in [0, 0.05) is 19.8 Å². The maximum absolute atomic E-state index is 10.8. The molecule has 1 aromatic rings. The van der Waals surface area contributed by atoms with Gasteiger partial charge < -0.3 is 18.9 Å². The van der Waals surface area contributed by atoms with Gasteiger partial charge in [0.1, 0.15) is 12.4 Å². The summed E-state index contributed by atoms with van der Waals surface area (Å²) in [5.74, 6) is 0.608. The van der Waals surface area contributed by atoms with Crippen LogP contribution in [0.25, 0.3) is 0 Å². The van der Waals surface area contributed by atoms with Crippen molar-refractivity contribution in [2.24, 2.45) is 0 Å². The van der Waals surface area contributed by atoms with Gasteiger partial charge in [-0.3, -0.25) is 0 Å². The second-order valence-electron chi connectivity index (χ2n) is 5.50. The van der Waals surface area contributed by atoms with E-state index >= 15 is 0 Å². The number of hydrogen-bond donors (Lipinski definition) is 0. The first-order chi connectivity index (χ1) is 11.8. The molecule has 0 aromatic heterocycles. The van der Waals surface area contributed by atoms with E-state index < -0.39 is 0 Å². The lowest BCUT2D eigenvalue weighted by Gasteiger charge is -2.08. The maximum Gasteiger partial charge on any atom is 0.331 e. The lowest BCUT2D eigenvalue weighted by atomic mass is 10.2. The van der Waals surface area contributed by atoms with Crippen LogP contribution >= 0.6 is 0 Å². The van der Waals surface area contributed by atoms with Gasteiger partial charge in [0.05, 0.1) is 13.7 Å². The number of ether oxygens (including phenoxy) is 4. The topological polar surface area (TPSA) is 54.0 Å². The third-order valence-electron chi connectivity index (χ3n) is 3.53. The lowest BCUT2D eigenvalue weighted by molar-refractivity contribution is -0.146. The second-order valence-corrected chi connectivity index (χ2v) is 5.50. The van der Waals surface area contributed by atoms with Gasteiger partial charge in [-0.15, -0.1) is 0 Å². The number of aryl methyl sites for hydroxylation is 1. The zero-order chi connectivity index (χ0) is 17.5. The Hall–Kier alpha value is -1.59. The molecule has 0 aliphatic carbocycles. The minimum absolute atomic E-state index is 0.0116. The van der Waals surface area contributed by atoms with Crippen LogP contribution in [0, 0.1) is 0 Å². The molecule has 0 aliphatic rings. The minimum Gasteiger partial charge on any atom is -0.494 e. The van der Waals surface area contributed by atoms with Gasteiger partial charge in [0.25, 0.3) is 0 Å². The molecule has 0 radical (unpaired) electrons. The fourth-order valence-corrected chi connectivity index (χ4v) is 2.11. The molecular weight excluding hydrogens is 308 g/mol. The third kappa shape index (κ3) is 10.2. The third-order valence-corrected chi connectivity index (χ3v) is 3.53. The van der Waals surface area contributed by atoms with Crippen molar-refractivity contribution in [1.29, 1.82) is 0 Å². The molecule has 0 atom stereocenters. The van der Waals surface area contributed by atoms with E-state index in [2.05, 4.69) is 23.8 Å². The number of rotatable bonds is 14. The summed E-state index contributed by atoms with van der Waals surface area (Å²) in [6, 6.07) is 8.26. The van der Waals surface area contributed by atoms with Gasteiger partial charge in [-0.25, -0.2) is 4.79 Å². The molecule has 24 heavy (non-hydrogen) atoms. The highest BCUT2D eigenvalue weighted by Crippen LogP contribution is 2.14. The molecular formula is C19H30O5. The van der Waals surface area contributed by atoms with Crippen LogP contribution < -0.4 is 4.74 Å². The van der Waals surface area contributed by atoms with Crippen molar-refractivity contribution >= 4 is 5.97 Å². The zero-order valence-corrected chi connectivity index (χ0v) is 14.9. The Morgan fingerprint density at radius 2 is 1.71 bits per heavy atom. The van der Waals surface area contributed by atoms with E-state index in [0.717, 1.165) is 51.1 Å². The Kier molecular flexibility index (Phi) is 11.8. The summed E-state index contributed by atoms with van der Waals surface area (Å²) in [6.07, 6.45) is 4.96. The Labute approximate surface area is 145 Å². The quantitative estimate of drug-likeness (QED) is 0.384. The van der Waals surface area contributed by atoms with Crippen LogP contribution in [0.1, 0.15) is 38.2 Å². The molecule has 0 saturated carbocycles. The van der Waals surface area contributed by atoms with Crippen molar-refractivity contribution in [3.63, 3.8) is 0 Å². The first-order valence-electron chi connectivity index (χ1n) is 8.70. The molecule has 0 aliphatic heterocycles. The van der Waals surface area contributed by atoms with Crippen LogP contribution in [0.4, 0.5) is 0 Å². The molecule has 0 saturated heterocycles. The van der Waals surface area contributed by atoms with Crippen molar-refractivity contribution in [3.05, 3.63) is 29.8 Å². The number of carbonyl (C=O) groups is 1. The Balaban J connectivity index is 1.86. The normalized spacial score (nSPS) is 10.6. The fourth-order valence-electron chi connectivity index (χ4n) is 2.11. The summed E-state index contributed by atoms with van der Waals surface area (Å²) < 4.78 is 20.9. The van der Waals surface area contributed by atoms with Gasteiger partial charge in [0.2, 0.25) is 0 Å². The van der Waals surface area contributed by atoms with E-state index in [1.165, 1.54) is 12.7 Å². The molecule has 0 heterocycles. The SMILES string of the molecule is CCc1cccc(OCCCCCOCCCOCC(=O)OC)c1. The highest BCUT2D eigenvalue weighted by molar-refractivity contribution is 5.70. The molecule has 5 heteroatoms. The number of benzene rings is 1. The van der Waals surface area contributed by atoms with E-state index in [1.54, 1.807) is 0 Å². The fraction of sp³-hybridized carbons (Fsp3) is 0.632. The van der Waals surface area contributed by atoms with Crippen LogP contribution in [0.5, 0.6) is 5.75 Å². The van der Waals surface area contributed by atoms with Gasteiger partial charge in [-0.2, -0.15) is 0 Å². The van der Waals surface area contributed by atoms with E-state index in [-0.39, 0.29) is 12.6 Å². The van der Waals surface area contributed by atoms with Crippen LogP contribution in [0.15, 0.2) is 24.3 Å². The summed E-state index contributed by atoms with van der Waals surface area (Å²) in [5, 5.41) is 0. The molecule has 0 fully saturated rings. The average molecular weight is 338 g/mol. The van der Waals surface area contributed by atoms with Gasteiger partial charge >= 0.3 is 5.97 Å². The summed E-state index contributed by atoms with van der Waals surface area (Å²) >= 11 is 0. The molecule has 0 spiro atoms. The lowest BCUT2D eigenvalue weighted by Crippen LogP contribution is -2.11. The Morgan fingerprint density at radius 3 is 2.50 bits per heavy atom. The number of hydrogen-bond acceptors (Lipinski definition) is 5. The van der Waals surface area contributed by atoms with Gasteiger partial charge in [-0.05, 0) is 49.8 Å². The summed E-state index contributed by atoms with van der Waals surface area (Å²) in [7, 11) is 1.35. The van der Waals surface area contributed by atoms with Crippen LogP contribution in [-0.2, 0) is 25.4 Å². The van der Waals surface area contributed by atoms with E-state index in [1.807, 2.05) is 12.1 Å². The van der Waals surface area contributed by atoms with E-state index in [0.29, 0.717) is 13.2 Å². The average Bonchev–Trinajstić information content (AvgIpc) is 2.62. The monoisotopic (exact) mass is 338 g/mol. The highest BCUT2D eigenvalue weighted by atomic mass is 16.6. The van der Waals surface area contributed by atoms with Crippen molar-refractivity contribution < 1.29 is 23.7 Å². The number of esters is 1. The minimum atomic E-state index is -0.348. The van der Waals surface area contributed by atoms with Gasteiger partial charge in [-0.1, -0.05) is 19.1 Å². The van der Waals surface area contributed by atoms with Crippen LogP contribution in [-0.4, -0.2) is 46.1 Å².